The monoisotopic (exact) mass is 316 g/mol. The second kappa shape index (κ2) is 6.31. The van der Waals surface area contributed by atoms with E-state index in [0.717, 1.165) is 11.6 Å². The van der Waals surface area contributed by atoms with E-state index in [1.807, 2.05) is 13.8 Å². The van der Waals surface area contributed by atoms with Gasteiger partial charge in [0.15, 0.2) is 0 Å². The van der Waals surface area contributed by atoms with Crippen LogP contribution in [0.3, 0.4) is 0 Å². The molecular formula is C13H17FN2O4S. The van der Waals surface area contributed by atoms with Crippen LogP contribution in [0.4, 0.5) is 10.1 Å². The topological polar surface area (TPSA) is 89.3 Å². The van der Waals surface area contributed by atoms with Crippen LogP contribution in [0.1, 0.15) is 25.0 Å². The number of nitro groups is 1. The van der Waals surface area contributed by atoms with Crippen molar-refractivity contribution < 1.29 is 17.7 Å². The molecule has 21 heavy (non-hydrogen) atoms. The first-order valence-electron chi connectivity index (χ1n) is 6.15. The molecule has 116 valence electrons. The minimum atomic E-state index is -3.96. The molecule has 1 rings (SSSR count). The molecule has 1 aromatic carbocycles. The Hall–Kier alpha value is -1.80. The van der Waals surface area contributed by atoms with E-state index in [9.17, 15) is 22.9 Å². The van der Waals surface area contributed by atoms with Crippen LogP contribution in [-0.2, 0) is 10.0 Å². The van der Waals surface area contributed by atoms with E-state index in [-0.39, 0.29) is 22.6 Å². The Morgan fingerprint density at radius 2 is 2.00 bits per heavy atom. The van der Waals surface area contributed by atoms with Crippen molar-refractivity contribution in [2.75, 3.05) is 6.54 Å². The number of hydrogen-bond donors (Lipinski definition) is 1. The Balaban J connectivity index is 3.39. The number of aryl methyl sites for hydroxylation is 1. The van der Waals surface area contributed by atoms with Gasteiger partial charge >= 0.3 is 5.69 Å². The Kier molecular flexibility index (Phi) is 5.19. The van der Waals surface area contributed by atoms with Crippen molar-refractivity contribution in [3.05, 3.63) is 44.8 Å². The van der Waals surface area contributed by atoms with E-state index < -0.39 is 26.5 Å². The zero-order valence-electron chi connectivity index (χ0n) is 12.2. The maximum Gasteiger partial charge on any atom is 0.309 e. The third kappa shape index (κ3) is 3.85. The number of nitrogens with zero attached hydrogens (tertiary/aromatic N) is 1. The molecule has 0 fully saturated rings. The van der Waals surface area contributed by atoms with Gasteiger partial charge in [-0.3, -0.25) is 10.1 Å². The fourth-order valence-corrected chi connectivity index (χ4v) is 3.40. The number of sulfonamides is 1. The third-order valence-electron chi connectivity index (χ3n) is 2.86. The van der Waals surface area contributed by atoms with E-state index in [2.05, 4.69) is 4.72 Å². The van der Waals surface area contributed by atoms with Gasteiger partial charge in [-0.1, -0.05) is 11.6 Å². The van der Waals surface area contributed by atoms with E-state index in [4.69, 9.17) is 0 Å². The first-order chi connectivity index (χ1) is 9.58. The average Bonchev–Trinajstić information content (AvgIpc) is 2.25. The highest BCUT2D eigenvalue weighted by molar-refractivity contribution is 7.89. The van der Waals surface area contributed by atoms with Gasteiger partial charge in [-0.25, -0.2) is 13.1 Å². The number of halogens is 1. The summed E-state index contributed by atoms with van der Waals surface area (Å²) in [4.78, 5) is 9.71. The molecule has 0 saturated heterocycles. The summed E-state index contributed by atoms with van der Waals surface area (Å²) in [7, 11) is -3.96. The zero-order valence-corrected chi connectivity index (χ0v) is 13.0. The first kappa shape index (κ1) is 17.3. The van der Waals surface area contributed by atoms with Gasteiger partial charge < -0.3 is 0 Å². The van der Waals surface area contributed by atoms with Gasteiger partial charge in [0.25, 0.3) is 0 Å². The predicted octanol–water partition coefficient (Wildman–Crippen LogP) is 2.60. The smallest absolute Gasteiger partial charge is 0.258 e. The molecule has 0 unspecified atom stereocenters. The lowest BCUT2D eigenvalue weighted by Gasteiger charge is -2.12. The van der Waals surface area contributed by atoms with E-state index >= 15 is 0 Å². The quantitative estimate of drug-likeness (QED) is 0.513. The molecule has 0 aliphatic carbocycles. The number of nitro benzene ring substituents is 1. The summed E-state index contributed by atoms with van der Waals surface area (Å²) in [6.45, 7) is 6.31. The maximum absolute atomic E-state index is 13.6. The van der Waals surface area contributed by atoms with Gasteiger partial charge in [0, 0.05) is 6.54 Å². The van der Waals surface area contributed by atoms with Crippen molar-refractivity contribution in [3.63, 3.8) is 0 Å². The number of rotatable bonds is 5. The lowest BCUT2D eigenvalue weighted by Crippen LogP contribution is -2.26. The standard InChI is InChI=1S/C13H17FN2O4S/c1-8(2)5-6-15-21(19,20)13-9(3)7-11(14)12(10(13)4)16(17)18/h5,7,15H,6H2,1-4H3. The Bertz CT molecular complexity index is 707. The fourth-order valence-electron chi connectivity index (χ4n) is 1.97. The lowest BCUT2D eigenvalue weighted by molar-refractivity contribution is -0.388. The molecule has 0 amide bonds. The summed E-state index contributed by atoms with van der Waals surface area (Å²) in [5.74, 6) is -1.04. The second-order valence-electron chi connectivity index (χ2n) is 4.87. The Morgan fingerprint density at radius 3 is 2.48 bits per heavy atom. The molecule has 0 saturated carbocycles. The summed E-state index contributed by atoms with van der Waals surface area (Å²) in [6, 6.07) is 0.862. The number of benzene rings is 1. The SMILES string of the molecule is CC(C)=CCNS(=O)(=O)c1c(C)cc(F)c([N+](=O)[O-])c1C. The Morgan fingerprint density at radius 1 is 1.43 bits per heavy atom. The number of hydrogen-bond acceptors (Lipinski definition) is 4. The van der Waals surface area contributed by atoms with Crippen LogP contribution < -0.4 is 4.72 Å². The molecule has 8 heteroatoms. The van der Waals surface area contributed by atoms with E-state index in [1.54, 1.807) is 6.08 Å². The average molecular weight is 316 g/mol. The van der Waals surface area contributed by atoms with Gasteiger partial charge in [0.2, 0.25) is 15.8 Å². The highest BCUT2D eigenvalue weighted by Gasteiger charge is 2.28. The van der Waals surface area contributed by atoms with Crippen molar-refractivity contribution in [2.24, 2.45) is 0 Å². The van der Waals surface area contributed by atoms with Crippen LogP contribution in [-0.4, -0.2) is 19.9 Å². The van der Waals surface area contributed by atoms with Crippen LogP contribution in [0.5, 0.6) is 0 Å². The van der Waals surface area contributed by atoms with Crippen LogP contribution in [0.25, 0.3) is 0 Å². The fraction of sp³-hybridized carbons (Fsp3) is 0.385. The van der Waals surface area contributed by atoms with Crippen LogP contribution in [0.15, 0.2) is 22.6 Å². The van der Waals surface area contributed by atoms with Gasteiger partial charge in [-0.2, -0.15) is 4.39 Å². The molecule has 0 aliphatic rings. The van der Waals surface area contributed by atoms with Crippen molar-refractivity contribution in [1.29, 1.82) is 0 Å². The van der Waals surface area contributed by atoms with Crippen LogP contribution in [0.2, 0.25) is 0 Å². The van der Waals surface area contributed by atoms with Gasteiger partial charge in [-0.05, 0) is 39.3 Å². The normalized spacial score (nSPS) is 11.3. The van der Waals surface area contributed by atoms with Crippen molar-refractivity contribution in [3.8, 4) is 0 Å². The molecule has 6 nitrogen and oxygen atoms in total. The van der Waals surface area contributed by atoms with Crippen molar-refractivity contribution in [2.45, 2.75) is 32.6 Å². The van der Waals surface area contributed by atoms with Crippen LogP contribution in [0, 0.1) is 29.8 Å². The molecule has 0 spiro atoms. The predicted molar refractivity (Wildman–Crippen MR) is 77.1 cm³/mol. The van der Waals surface area contributed by atoms with E-state index in [1.165, 1.54) is 13.8 Å². The van der Waals surface area contributed by atoms with Gasteiger partial charge in [-0.15, -0.1) is 0 Å². The largest absolute Gasteiger partial charge is 0.309 e. The minimum Gasteiger partial charge on any atom is -0.258 e. The summed E-state index contributed by atoms with van der Waals surface area (Å²) >= 11 is 0. The molecule has 0 aromatic heterocycles. The molecule has 1 aromatic rings. The first-order valence-corrected chi connectivity index (χ1v) is 7.63. The number of nitrogens with one attached hydrogen (secondary N) is 1. The third-order valence-corrected chi connectivity index (χ3v) is 4.57. The minimum absolute atomic E-state index is 0.0642. The van der Waals surface area contributed by atoms with Gasteiger partial charge in [0.1, 0.15) is 0 Å². The molecule has 0 bridgehead atoms. The molecule has 0 radical (unpaired) electrons. The van der Waals surface area contributed by atoms with E-state index in [0.29, 0.717) is 0 Å². The lowest BCUT2D eigenvalue weighted by atomic mass is 10.1. The second-order valence-corrected chi connectivity index (χ2v) is 6.57. The zero-order chi connectivity index (χ0) is 16.4. The molecule has 0 atom stereocenters. The summed E-state index contributed by atoms with van der Waals surface area (Å²) in [5.41, 5.74) is 0.0296. The van der Waals surface area contributed by atoms with Crippen molar-refractivity contribution in [1.82, 2.24) is 4.72 Å². The highest BCUT2D eigenvalue weighted by Crippen LogP contribution is 2.30. The maximum atomic E-state index is 13.6. The summed E-state index contributed by atoms with van der Waals surface area (Å²) in [6.07, 6.45) is 1.67. The van der Waals surface area contributed by atoms with Crippen LogP contribution >= 0.6 is 0 Å². The van der Waals surface area contributed by atoms with Gasteiger partial charge in [0.05, 0.1) is 15.4 Å². The summed E-state index contributed by atoms with van der Waals surface area (Å²) in [5, 5.41) is 10.9. The van der Waals surface area contributed by atoms with Crippen molar-refractivity contribution >= 4 is 15.7 Å². The Labute approximate surface area is 122 Å². The molecular weight excluding hydrogens is 299 g/mol. The highest BCUT2D eigenvalue weighted by atomic mass is 32.2. The number of allylic oxidation sites excluding steroid dienone is 1. The summed E-state index contributed by atoms with van der Waals surface area (Å²) < 4.78 is 40.5. The molecule has 0 heterocycles. The molecule has 0 aliphatic heterocycles. The molecule has 1 N–H and O–H groups in total.